The average molecular weight is 470 g/mol. The van der Waals surface area contributed by atoms with Crippen LogP contribution in [0.4, 0.5) is 5.69 Å². The summed E-state index contributed by atoms with van der Waals surface area (Å²) in [6, 6.07) is 27.2. The van der Waals surface area contributed by atoms with Crippen molar-refractivity contribution in [3.63, 3.8) is 0 Å². The van der Waals surface area contributed by atoms with E-state index >= 15 is 0 Å². The van der Waals surface area contributed by atoms with Gasteiger partial charge in [0.05, 0.1) is 17.3 Å². The summed E-state index contributed by atoms with van der Waals surface area (Å²) in [4.78, 5) is 4.90. The lowest BCUT2D eigenvalue weighted by Gasteiger charge is -2.10. The summed E-state index contributed by atoms with van der Waals surface area (Å²) in [6.45, 7) is 8.67. The zero-order chi connectivity index (χ0) is 23.9. The van der Waals surface area contributed by atoms with E-state index in [1.165, 1.54) is 28.5 Å². The van der Waals surface area contributed by atoms with Crippen LogP contribution in [-0.4, -0.2) is 21.7 Å². The van der Waals surface area contributed by atoms with Crippen LogP contribution >= 0.6 is 11.8 Å². The molecule has 174 valence electrons. The number of para-hydroxylation sites is 1. The molecule has 3 aromatic carbocycles. The van der Waals surface area contributed by atoms with Crippen molar-refractivity contribution in [2.24, 2.45) is 10.9 Å². The Labute approximate surface area is 206 Å². The molecule has 0 amide bonds. The zero-order valence-corrected chi connectivity index (χ0v) is 21.0. The molecule has 4 nitrogen and oxygen atoms in total. The molecule has 1 unspecified atom stereocenters. The van der Waals surface area contributed by atoms with Gasteiger partial charge in [0.1, 0.15) is 0 Å². The number of rotatable bonds is 9. The number of hydrogen-bond donors (Lipinski definition) is 0. The molecular weight excluding hydrogens is 438 g/mol. The Bertz CT molecular complexity index is 1210. The van der Waals surface area contributed by atoms with E-state index in [9.17, 15) is 0 Å². The lowest BCUT2D eigenvalue weighted by Crippen LogP contribution is -2.04. The second-order valence-corrected chi connectivity index (χ2v) is 9.94. The van der Waals surface area contributed by atoms with Gasteiger partial charge in [0, 0.05) is 5.75 Å². The molecule has 0 aliphatic carbocycles. The van der Waals surface area contributed by atoms with Gasteiger partial charge in [-0.25, -0.2) is 0 Å². The van der Waals surface area contributed by atoms with E-state index in [0.29, 0.717) is 22.8 Å². The third-order valence-corrected chi connectivity index (χ3v) is 6.48. The van der Waals surface area contributed by atoms with Gasteiger partial charge in [-0.15, -0.1) is 10.2 Å². The Balaban J connectivity index is 1.47. The molecule has 0 spiro atoms. The third kappa shape index (κ3) is 6.45. The summed E-state index contributed by atoms with van der Waals surface area (Å²) in [5.41, 5.74) is 6.76. The van der Waals surface area contributed by atoms with Crippen molar-refractivity contribution in [2.75, 3.05) is 5.75 Å². The first-order valence-electron chi connectivity index (χ1n) is 11.7. The molecule has 0 fully saturated rings. The molecule has 0 aliphatic rings. The highest BCUT2D eigenvalue weighted by atomic mass is 32.2. The minimum atomic E-state index is 0.0458. The maximum atomic E-state index is 6.04. The van der Waals surface area contributed by atoms with E-state index in [1.807, 2.05) is 30.3 Å². The molecule has 5 heteroatoms. The molecular formula is C29H31N3OS. The van der Waals surface area contributed by atoms with Crippen LogP contribution in [0.5, 0.6) is 0 Å². The van der Waals surface area contributed by atoms with Crippen molar-refractivity contribution in [2.45, 2.75) is 45.3 Å². The number of nitrogens with zero attached hydrogens (tertiary/aromatic N) is 3. The summed E-state index contributed by atoms with van der Waals surface area (Å²) in [5.74, 6) is 1.97. The third-order valence-electron chi connectivity index (χ3n) is 5.65. The molecule has 0 radical (unpaired) electrons. The van der Waals surface area contributed by atoms with Crippen LogP contribution in [0, 0.1) is 12.8 Å². The number of thioether (sulfide) groups is 1. The largest absolute Gasteiger partial charge is 0.415 e. The van der Waals surface area contributed by atoms with Crippen LogP contribution in [0.15, 0.2) is 93.5 Å². The molecule has 1 aromatic heterocycles. The van der Waals surface area contributed by atoms with Crippen molar-refractivity contribution in [1.29, 1.82) is 0 Å². The van der Waals surface area contributed by atoms with E-state index in [-0.39, 0.29) is 5.92 Å². The van der Waals surface area contributed by atoms with Crippen molar-refractivity contribution < 1.29 is 4.42 Å². The molecule has 0 bridgehead atoms. The molecule has 0 saturated heterocycles. The average Bonchev–Trinajstić information content (AvgIpc) is 3.32. The number of benzene rings is 3. The van der Waals surface area contributed by atoms with Gasteiger partial charge in [-0.05, 0) is 55.0 Å². The molecule has 4 aromatic rings. The second kappa shape index (κ2) is 11.3. The molecule has 0 saturated carbocycles. The van der Waals surface area contributed by atoms with Crippen molar-refractivity contribution in [3.8, 4) is 0 Å². The van der Waals surface area contributed by atoms with Crippen LogP contribution in [0.1, 0.15) is 54.8 Å². The summed E-state index contributed by atoms with van der Waals surface area (Å²) in [6.07, 6.45) is 1.09. The second-order valence-electron chi connectivity index (χ2n) is 9.02. The predicted octanol–water partition coefficient (Wildman–Crippen LogP) is 7.64. The summed E-state index contributed by atoms with van der Waals surface area (Å²) in [5, 5.41) is 9.19. The van der Waals surface area contributed by atoms with Crippen molar-refractivity contribution in [3.05, 3.63) is 107 Å². The SMILES string of the molecule is Cc1ccc(C(CSc2nnc(C(C)c3ccc(CC(C)C)cc3)o2)=Nc2ccccc2)cc1. The Morgan fingerprint density at radius 3 is 2.26 bits per heavy atom. The Hall–Kier alpha value is -3.18. The van der Waals surface area contributed by atoms with Gasteiger partial charge in [0.25, 0.3) is 5.22 Å². The van der Waals surface area contributed by atoms with Crippen molar-refractivity contribution in [1.82, 2.24) is 10.2 Å². The first-order chi connectivity index (χ1) is 16.5. The predicted molar refractivity (Wildman–Crippen MR) is 141 cm³/mol. The maximum absolute atomic E-state index is 6.04. The van der Waals surface area contributed by atoms with E-state index < -0.39 is 0 Å². The molecule has 0 aliphatic heterocycles. The fourth-order valence-corrected chi connectivity index (χ4v) is 4.46. The highest BCUT2D eigenvalue weighted by Crippen LogP contribution is 2.27. The molecule has 1 heterocycles. The maximum Gasteiger partial charge on any atom is 0.276 e. The zero-order valence-electron chi connectivity index (χ0n) is 20.2. The van der Waals surface area contributed by atoms with Gasteiger partial charge < -0.3 is 4.42 Å². The van der Waals surface area contributed by atoms with E-state index in [0.717, 1.165) is 23.4 Å². The monoisotopic (exact) mass is 469 g/mol. The Morgan fingerprint density at radius 1 is 0.882 bits per heavy atom. The van der Waals surface area contributed by atoms with Gasteiger partial charge in [-0.1, -0.05) is 97.9 Å². The van der Waals surface area contributed by atoms with E-state index in [2.05, 4.69) is 86.4 Å². The molecule has 4 rings (SSSR count). The highest BCUT2D eigenvalue weighted by molar-refractivity contribution is 7.99. The van der Waals surface area contributed by atoms with Gasteiger partial charge >= 0.3 is 0 Å². The number of hydrogen-bond acceptors (Lipinski definition) is 5. The van der Waals surface area contributed by atoms with Gasteiger partial charge in [0.2, 0.25) is 5.89 Å². The van der Waals surface area contributed by atoms with E-state index in [4.69, 9.17) is 9.41 Å². The molecule has 1 atom stereocenters. The van der Waals surface area contributed by atoms with Crippen LogP contribution in [0.2, 0.25) is 0 Å². The Morgan fingerprint density at radius 2 is 1.59 bits per heavy atom. The summed E-state index contributed by atoms with van der Waals surface area (Å²) in [7, 11) is 0. The number of aryl methyl sites for hydroxylation is 1. The smallest absolute Gasteiger partial charge is 0.276 e. The molecule has 34 heavy (non-hydrogen) atoms. The fraction of sp³-hybridized carbons (Fsp3) is 0.276. The first-order valence-corrected chi connectivity index (χ1v) is 12.7. The van der Waals surface area contributed by atoms with Crippen LogP contribution in [0.3, 0.4) is 0 Å². The summed E-state index contributed by atoms with van der Waals surface area (Å²) >= 11 is 1.52. The first kappa shape index (κ1) is 24.0. The topological polar surface area (TPSA) is 51.3 Å². The van der Waals surface area contributed by atoms with Crippen LogP contribution in [-0.2, 0) is 6.42 Å². The van der Waals surface area contributed by atoms with Crippen molar-refractivity contribution >= 4 is 23.2 Å². The quantitative estimate of drug-likeness (QED) is 0.187. The fourth-order valence-electron chi connectivity index (χ4n) is 3.72. The summed E-state index contributed by atoms with van der Waals surface area (Å²) < 4.78 is 6.04. The van der Waals surface area contributed by atoms with Gasteiger partial charge in [0.15, 0.2) is 0 Å². The van der Waals surface area contributed by atoms with Gasteiger partial charge in [-0.2, -0.15) is 0 Å². The van der Waals surface area contributed by atoms with Crippen LogP contribution < -0.4 is 0 Å². The van der Waals surface area contributed by atoms with Gasteiger partial charge in [-0.3, -0.25) is 4.99 Å². The highest BCUT2D eigenvalue weighted by Gasteiger charge is 2.17. The Kier molecular flexibility index (Phi) is 7.96. The van der Waals surface area contributed by atoms with Crippen LogP contribution in [0.25, 0.3) is 0 Å². The minimum Gasteiger partial charge on any atom is -0.415 e. The normalized spacial score (nSPS) is 12.8. The number of aliphatic imine (C=N–C) groups is 1. The molecule has 0 N–H and O–H groups in total. The minimum absolute atomic E-state index is 0.0458. The van der Waals surface area contributed by atoms with E-state index in [1.54, 1.807) is 0 Å². The standard InChI is InChI=1S/C29H31N3OS/c1-20(2)18-23-12-16-24(17-13-23)22(4)28-31-32-29(33-28)34-19-27(25-14-10-21(3)11-15-25)30-26-8-6-5-7-9-26/h5-17,20,22H,18-19H2,1-4H3. The lowest BCUT2D eigenvalue weighted by molar-refractivity contribution is 0.404. The number of aromatic nitrogens is 2. The lowest BCUT2D eigenvalue weighted by atomic mass is 9.97.